The van der Waals surface area contributed by atoms with E-state index in [-0.39, 0.29) is 10.4 Å². The van der Waals surface area contributed by atoms with Crippen molar-refractivity contribution in [3.8, 4) is 21.6 Å². The van der Waals surface area contributed by atoms with E-state index in [0.29, 0.717) is 16.9 Å². The number of hydrogen-bond acceptors (Lipinski definition) is 1. The zero-order valence-electron chi connectivity index (χ0n) is 13.5. The molecule has 0 saturated heterocycles. The lowest BCUT2D eigenvalue weighted by atomic mass is 10.0. The molecule has 0 spiro atoms. The third-order valence-corrected chi connectivity index (χ3v) is 5.11. The summed E-state index contributed by atoms with van der Waals surface area (Å²) >= 11 is 0.551. The summed E-state index contributed by atoms with van der Waals surface area (Å²) in [5, 5.41) is 0. The maximum atomic E-state index is 14.5. The van der Waals surface area contributed by atoms with Gasteiger partial charge in [-0.2, -0.15) is 13.2 Å². The van der Waals surface area contributed by atoms with Crippen LogP contribution in [0.1, 0.15) is 23.8 Å². The molecule has 0 bridgehead atoms. The highest BCUT2D eigenvalue weighted by Crippen LogP contribution is 2.39. The van der Waals surface area contributed by atoms with Gasteiger partial charge in [0.25, 0.3) is 0 Å². The first-order valence-electron chi connectivity index (χ1n) is 7.94. The number of aryl methyl sites for hydroxylation is 1. The van der Waals surface area contributed by atoms with Crippen molar-refractivity contribution in [3.05, 3.63) is 70.9 Å². The molecule has 1 heterocycles. The quantitative estimate of drug-likeness (QED) is 0.430. The first-order valence-corrected chi connectivity index (χ1v) is 8.76. The Hall–Kier alpha value is -2.14. The average molecular weight is 364 g/mol. The van der Waals surface area contributed by atoms with Crippen LogP contribution in [-0.2, 0) is 12.6 Å². The fraction of sp³-hybridized carbons (Fsp3) is 0.200. The minimum Gasteiger partial charge on any atom is -0.206 e. The number of thiophene rings is 1. The largest absolute Gasteiger partial charge is 0.425 e. The van der Waals surface area contributed by atoms with E-state index in [9.17, 15) is 17.6 Å². The molecule has 0 atom stereocenters. The van der Waals surface area contributed by atoms with Crippen molar-refractivity contribution < 1.29 is 17.6 Å². The number of alkyl halides is 3. The second-order valence-electron chi connectivity index (χ2n) is 5.80. The van der Waals surface area contributed by atoms with Crippen molar-refractivity contribution in [1.29, 1.82) is 0 Å². The predicted octanol–water partition coefficient (Wildman–Crippen LogP) is 7.19. The fourth-order valence-corrected chi connectivity index (χ4v) is 3.58. The molecule has 2 aromatic carbocycles. The standard InChI is InChI=1S/C20H16F4S/c1-2-3-13-4-6-14(7-5-13)15-8-9-16(17(21)12-15)18-10-11-19(25-18)20(22,23)24/h4-12H,2-3H2,1H3. The highest BCUT2D eigenvalue weighted by molar-refractivity contribution is 7.15. The highest BCUT2D eigenvalue weighted by Gasteiger charge is 2.32. The average Bonchev–Trinajstić information content (AvgIpc) is 3.06. The molecule has 3 aromatic rings. The predicted molar refractivity (Wildman–Crippen MR) is 94.1 cm³/mol. The summed E-state index contributed by atoms with van der Waals surface area (Å²) in [5.41, 5.74) is 3.00. The Bertz CT molecular complexity index is 860. The normalized spacial score (nSPS) is 11.7. The molecule has 0 nitrogen and oxygen atoms in total. The molecule has 0 fully saturated rings. The Morgan fingerprint density at radius 1 is 0.880 bits per heavy atom. The molecule has 0 saturated carbocycles. The van der Waals surface area contributed by atoms with Gasteiger partial charge < -0.3 is 0 Å². The van der Waals surface area contributed by atoms with Gasteiger partial charge in [-0.25, -0.2) is 4.39 Å². The number of halogens is 4. The van der Waals surface area contributed by atoms with Crippen molar-refractivity contribution in [2.24, 2.45) is 0 Å². The molecule has 0 amide bonds. The Balaban J connectivity index is 1.89. The van der Waals surface area contributed by atoms with Crippen molar-refractivity contribution in [2.45, 2.75) is 25.9 Å². The third kappa shape index (κ3) is 3.93. The van der Waals surface area contributed by atoms with E-state index in [1.165, 1.54) is 23.8 Å². The molecule has 0 N–H and O–H groups in total. The molecule has 130 valence electrons. The van der Waals surface area contributed by atoms with Crippen LogP contribution in [0.25, 0.3) is 21.6 Å². The molecular weight excluding hydrogens is 348 g/mol. The number of rotatable bonds is 4. The van der Waals surface area contributed by atoms with Gasteiger partial charge in [0.05, 0.1) is 0 Å². The van der Waals surface area contributed by atoms with Gasteiger partial charge in [-0.15, -0.1) is 11.3 Å². The van der Waals surface area contributed by atoms with E-state index in [1.807, 2.05) is 24.3 Å². The summed E-state index contributed by atoms with van der Waals surface area (Å²) < 4.78 is 52.6. The fourth-order valence-electron chi connectivity index (χ4n) is 2.68. The molecule has 3 rings (SSSR count). The zero-order valence-corrected chi connectivity index (χ0v) is 14.3. The van der Waals surface area contributed by atoms with Crippen LogP contribution in [-0.4, -0.2) is 0 Å². The van der Waals surface area contributed by atoms with Gasteiger partial charge >= 0.3 is 6.18 Å². The second-order valence-corrected chi connectivity index (χ2v) is 6.89. The van der Waals surface area contributed by atoms with Crippen LogP contribution < -0.4 is 0 Å². The summed E-state index contributed by atoms with van der Waals surface area (Å²) in [6.45, 7) is 2.11. The Kier molecular flexibility index (Phi) is 4.95. The van der Waals surface area contributed by atoms with E-state index >= 15 is 0 Å². The molecule has 5 heteroatoms. The molecule has 0 unspecified atom stereocenters. The Morgan fingerprint density at radius 3 is 2.12 bits per heavy atom. The van der Waals surface area contributed by atoms with E-state index < -0.39 is 16.9 Å². The summed E-state index contributed by atoms with van der Waals surface area (Å²) in [4.78, 5) is -0.452. The van der Waals surface area contributed by atoms with Gasteiger partial charge in [0.2, 0.25) is 0 Å². The van der Waals surface area contributed by atoms with Crippen molar-refractivity contribution in [3.63, 3.8) is 0 Å². The Labute approximate surface area is 147 Å². The molecule has 1 aromatic heterocycles. The van der Waals surface area contributed by atoms with Gasteiger partial charge in [0.15, 0.2) is 0 Å². The van der Waals surface area contributed by atoms with Crippen LogP contribution in [0, 0.1) is 5.82 Å². The van der Waals surface area contributed by atoms with Crippen molar-refractivity contribution >= 4 is 11.3 Å². The van der Waals surface area contributed by atoms with Crippen LogP contribution in [0.2, 0.25) is 0 Å². The Morgan fingerprint density at radius 2 is 1.56 bits per heavy atom. The van der Waals surface area contributed by atoms with Crippen LogP contribution in [0.5, 0.6) is 0 Å². The van der Waals surface area contributed by atoms with Gasteiger partial charge in [-0.3, -0.25) is 0 Å². The smallest absolute Gasteiger partial charge is 0.206 e. The number of hydrogen-bond donors (Lipinski definition) is 0. The maximum absolute atomic E-state index is 14.5. The zero-order chi connectivity index (χ0) is 18.0. The summed E-state index contributed by atoms with van der Waals surface area (Å²) in [6.07, 6.45) is -2.35. The monoisotopic (exact) mass is 364 g/mol. The minimum absolute atomic E-state index is 0.187. The summed E-state index contributed by atoms with van der Waals surface area (Å²) in [7, 11) is 0. The molecule has 0 aliphatic rings. The SMILES string of the molecule is CCCc1ccc(-c2ccc(-c3ccc(C(F)(F)F)s3)c(F)c2)cc1. The lowest BCUT2D eigenvalue weighted by Crippen LogP contribution is -2.00. The number of benzene rings is 2. The molecular formula is C20H16F4S. The second kappa shape index (κ2) is 7.00. The van der Waals surface area contributed by atoms with Crippen LogP contribution in [0.15, 0.2) is 54.6 Å². The van der Waals surface area contributed by atoms with Crippen LogP contribution >= 0.6 is 11.3 Å². The highest BCUT2D eigenvalue weighted by atomic mass is 32.1. The summed E-state index contributed by atoms with van der Waals surface area (Å²) in [5.74, 6) is -0.522. The van der Waals surface area contributed by atoms with E-state index in [2.05, 4.69) is 6.92 Å². The van der Waals surface area contributed by atoms with Crippen molar-refractivity contribution in [2.75, 3.05) is 0 Å². The van der Waals surface area contributed by atoms with Crippen molar-refractivity contribution in [1.82, 2.24) is 0 Å². The first kappa shape index (κ1) is 17.7. The summed E-state index contributed by atoms with van der Waals surface area (Å²) in [6, 6.07) is 14.8. The van der Waals surface area contributed by atoms with E-state index in [0.717, 1.165) is 24.5 Å². The molecule has 0 radical (unpaired) electrons. The lowest BCUT2D eigenvalue weighted by Gasteiger charge is -2.07. The van der Waals surface area contributed by atoms with Gasteiger partial charge in [-0.1, -0.05) is 43.7 Å². The van der Waals surface area contributed by atoms with Crippen LogP contribution in [0.3, 0.4) is 0 Å². The third-order valence-electron chi connectivity index (χ3n) is 3.95. The minimum atomic E-state index is -4.40. The first-order chi connectivity index (χ1) is 11.9. The molecule has 25 heavy (non-hydrogen) atoms. The van der Waals surface area contributed by atoms with Gasteiger partial charge in [0, 0.05) is 10.4 Å². The maximum Gasteiger partial charge on any atom is 0.425 e. The van der Waals surface area contributed by atoms with E-state index in [1.54, 1.807) is 6.07 Å². The van der Waals surface area contributed by atoms with E-state index in [4.69, 9.17) is 0 Å². The lowest BCUT2D eigenvalue weighted by molar-refractivity contribution is -0.134. The van der Waals surface area contributed by atoms with Gasteiger partial charge in [0.1, 0.15) is 10.7 Å². The topological polar surface area (TPSA) is 0 Å². The van der Waals surface area contributed by atoms with Gasteiger partial charge in [-0.05, 0) is 47.4 Å². The molecule has 0 aliphatic heterocycles. The molecule has 0 aliphatic carbocycles. The van der Waals surface area contributed by atoms with Crippen LogP contribution in [0.4, 0.5) is 17.6 Å².